The van der Waals surface area contributed by atoms with Crippen LogP contribution in [0, 0.1) is 5.82 Å². The standard InChI is InChI=1S/C20H23FN6O4/c1-13(28)24-11-15-12-27(20(30)31-15)14-2-3-17(16(21)10-14)25-6-8-26(9-7-25)19(29)18-22-4-5-23-18/h2-5,10,15H,6-9,11-12H2,1H3,(H,22,23)(H,24,28)/t15-/m0/s1. The molecule has 2 aliphatic rings. The largest absolute Gasteiger partial charge is 0.442 e. The van der Waals surface area contributed by atoms with Crippen LogP contribution in [0.25, 0.3) is 0 Å². The second kappa shape index (κ2) is 8.62. The van der Waals surface area contributed by atoms with E-state index in [0.29, 0.717) is 43.4 Å². The van der Waals surface area contributed by atoms with Gasteiger partial charge in [-0.15, -0.1) is 0 Å². The summed E-state index contributed by atoms with van der Waals surface area (Å²) in [7, 11) is 0. The van der Waals surface area contributed by atoms with Crippen LogP contribution < -0.4 is 15.1 Å². The van der Waals surface area contributed by atoms with Crippen molar-refractivity contribution < 1.29 is 23.5 Å². The number of nitrogens with zero attached hydrogens (tertiary/aromatic N) is 4. The van der Waals surface area contributed by atoms with Crippen molar-refractivity contribution in [2.24, 2.45) is 0 Å². The molecule has 0 aliphatic carbocycles. The molecule has 1 aromatic heterocycles. The van der Waals surface area contributed by atoms with Gasteiger partial charge in [-0.2, -0.15) is 0 Å². The van der Waals surface area contributed by atoms with E-state index in [-0.39, 0.29) is 24.9 Å². The fourth-order valence-electron chi connectivity index (χ4n) is 3.70. The first kappa shape index (κ1) is 20.6. The van der Waals surface area contributed by atoms with Gasteiger partial charge in [0.1, 0.15) is 11.9 Å². The molecule has 3 amide bonds. The highest BCUT2D eigenvalue weighted by molar-refractivity contribution is 5.91. The van der Waals surface area contributed by atoms with E-state index >= 15 is 0 Å². The molecule has 1 aromatic carbocycles. The van der Waals surface area contributed by atoms with Crippen molar-refractivity contribution in [3.05, 3.63) is 42.2 Å². The summed E-state index contributed by atoms with van der Waals surface area (Å²) in [4.78, 5) is 47.2. The summed E-state index contributed by atoms with van der Waals surface area (Å²) in [5.74, 6) is -0.558. The summed E-state index contributed by atoms with van der Waals surface area (Å²) in [5.41, 5.74) is 0.805. The quantitative estimate of drug-likeness (QED) is 0.732. The molecule has 3 heterocycles. The number of carbonyl (C=O) groups is 3. The van der Waals surface area contributed by atoms with Gasteiger partial charge in [0.25, 0.3) is 5.91 Å². The lowest BCUT2D eigenvalue weighted by atomic mass is 10.2. The minimum atomic E-state index is -0.576. The van der Waals surface area contributed by atoms with Crippen LogP contribution in [-0.2, 0) is 9.53 Å². The first-order chi connectivity index (χ1) is 14.9. The van der Waals surface area contributed by atoms with Gasteiger partial charge in [-0.3, -0.25) is 14.5 Å². The molecule has 164 valence electrons. The fourth-order valence-corrected chi connectivity index (χ4v) is 3.70. The van der Waals surface area contributed by atoms with Crippen LogP contribution in [-0.4, -0.2) is 78.1 Å². The number of carbonyl (C=O) groups excluding carboxylic acids is 3. The lowest BCUT2D eigenvalue weighted by Gasteiger charge is -2.36. The first-order valence-corrected chi connectivity index (χ1v) is 9.98. The number of nitrogens with one attached hydrogen (secondary N) is 2. The van der Waals surface area contributed by atoms with Crippen LogP contribution in [0.3, 0.4) is 0 Å². The smallest absolute Gasteiger partial charge is 0.414 e. The zero-order chi connectivity index (χ0) is 22.0. The Morgan fingerprint density at radius 2 is 2.06 bits per heavy atom. The minimum absolute atomic E-state index is 0.179. The number of rotatable bonds is 5. The Kier molecular flexibility index (Phi) is 5.74. The number of piperazine rings is 1. The van der Waals surface area contributed by atoms with E-state index < -0.39 is 18.0 Å². The molecule has 11 heteroatoms. The van der Waals surface area contributed by atoms with Crippen LogP contribution in [0.1, 0.15) is 17.5 Å². The summed E-state index contributed by atoms with van der Waals surface area (Å²) in [6.07, 6.45) is 2.06. The molecule has 2 saturated heterocycles. The van der Waals surface area contributed by atoms with Crippen molar-refractivity contribution in [1.29, 1.82) is 0 Å². The van der Waals surface area contributed by atoms with Crippen molar-refractivity contribution in [1.82, 2.24) is 20.2 Å². The van der Waals surface area contributed by atoms with Crippen LogP contribution in [0.5, 0.6) is 0 Å². The maximum Gasteiger partial charge on any atom is 0.414 e. The highest BCUT2D eigenvalue weighted by atomic mass is 19.1. The predicted molar refractivity (Wildman–Crippen MR) is 109 cm³/mol. The van der Waals surface area contributed by atoms with Crippen molar-refractivity contribution in [2.45, 2.75) is 13.0 Å². The Morgan fingerprint density at radius 1 is 1.29 bits per heavy atom. The Bertz CT molecular complexity index is 974. The monoisotopic (exact) mass is 430 g/mol. The van der Waals surface area contributed by atoms with E-state index in [4.69, 9.17) is 4.74 Å². The number of aromatic amines is 1. The number of ether oxygens (including phenoxy) is 1. The van der Waals surface area contributed by atoms with Gasteiger partial charge in [0, 0.05) is 45.5 Å². The van der Waals surface area contributed by atoms with E-state index in [1.54, 1.807) is 23.2 Å². The lowest BCUT2D eigenvalue weighted by Crippen LogP contribution is -2.49. The van der Waals surface area contributed by atoms with Gasteiger partial charge >= 0.3 is 6.09 Å². The molecular weight excluding hydrogens is 407 g/mol. The molecule has 0 unspecified atom stereocenters. The number of H-pyrrole nitrogens is 1. The number of halogens is 1. The number of amides is 3. The van der Waals surface area contributed by atoms with Gasteiger partial charge < -0.3 is 24.8 Å². The van der Waals surface area contributed by atoms with Gasteiger partial charge in [-0.05, 0) is 18.2 Å². The van der Waals surface area contributed by atoms with Crippen molar-refractivity contribution in [2.75, 3.05) is 49.1 Å². The Morgan fingerprint density at radius 3 is 2.71 bits per heavy atom. The van der Waals surface area contributed by atoms with Gasteiger partial charge in [0.2, 0.25) is 5.91 Å². The summed E-state index contributed by atoms with van der Waals surface area (Å²) in [5, 5.41) is 2.61. The van der Waals surface area contributed by atoms with E-state index in [9.17, 15) is 18.8 Å². The van der Waals surface area contributed by atoms with Crippen LogP contribution in [0.4, 0.5) is 20.6 Å². The number of cyclic esters (lactones) is 1. The number of anilines is 2. The molecule has 0 bridgehead atoms. The van der Waals surface area contributed by atoms with Gasteiger partial charge in [-0.1, -0.05) is 0 Å². The average Bonchev–Trinajstić information content (AvgIpc) is 3.42. The van der Waals surface area contributed by atoms with Crippen LogP contribution in [0.15, 0.2) is 30.6 Å². The van der Waals surface area contributed by atoms with E-state index in [2.05, 4.69) is 15.3 Å². The van der Waals surface area contributed by atoms with Crippen LogP contribution >= 0.6 is 0 Å². The number of imidazole rings is 1. The maximum absolute atomic E-state index is 14.9. The second-order valence-electron chi connectivity index (χ2n) is 7.41. The summed E-state index contributed by atoms with van der Waals surface area (Å²) in [6, 6.07) is 4.60. The molecule has 2 N–H and O–H groups in total. The van der Waals surface area contributed by atoms with Gasteiger partial charge in [0.05, 0.1) is 24.5 Å². The van der Waals surface area contributed by atoms with Crippen molar-refractivity contribution in [3.8, 4) is 0 Å². The maximum atomic E-state index is 14.9. The minimum Gasteiger partial charge on any atom is -0.442 e. The Balaban J connectivity index is 1.38. The molecule has 0 spiro atoms. The SMILES string of the molecule is CC(=O)NC[C@H]1CN(c2ccc(N3CCN(C(=O)c4ncc[nH]4)CC3)c(F)c2)C(=O)O1. The van der Waals surface area contributed by atoms with Crippen LogP contribution in [0.2, 0.25) is 0 Å². The highest BCUT2D eigenvalue weighted by Crippen LogP contribution is 2.28. The van der Waals surface area contributed by atoms with E-state index in [1.165, 1.54) is 24.1 Å². The second-order valence-corrected chi connectivity index (χ2v) is 7.41. The third-order valence-corrected chi connectivity index (χ3v) is 5.30. The average molecular weight is 430 g/mol. The molecule has 0 radical (unpaired) electrons. The molecule has 10 nitrogen and oxygen atoms in total. The number of hydrogen-bond donors (Lipinski definition) is 2. The number of benzene rings is 1. The predicted octanol–water partition coefficient (Wildman–Crippen LogP) is 0.972. The number of hydrogen-bond acceptors (Lipinski definition) is 6. The topological polar surface area (TPSA) is 111 Å². The molecule has 2 fully saturated rings. The first-order valence-electron chi connectivity index (χ1n) is 9.98. The fraction of sp³-hybridized carbons (Fsp3) is 0.400. The normalized spacial score (nSPS) is 18.8. The zero-order valence-corrected chi connectivity index (χ0v) is 17.0. The molecule has 2 aliphatic heterocycles. The molecule has 31 heavy (non-hydrogen) atoms. The zero-order valence-electron chi connectivity index (χ0n) is 17.0. The van der Waals surface area contributed by atoms with E-state index in [1.807, 2.05) is 4.90 Å². The summed E-state index contributed by atoms with van der Waals surface area (Å²) in [6.45, 7) is 3.68. The van der Waals surface area contributed by atoms with Gasteiger partial charge in [0.15, 0.2) is 5.82 Å². The molecular formula is C20H23FN6O4. The number of aromatic nitrogens is 2. The molecule has 2 aromatic rings. The van der Waals surface area contributed by atoms with Crippen molar-refractivity contribution >= 4 is 29.3 Å². The summed E-state index contributed by atoms with van der Waals surface area (Å²) < 4.78 is 20.1. The Hall–Kier alpha value is -3.63. The third kappa shape index (κ3) is 4.44. The third-order valence-electron chi connectivity index (χ3n) is 5.30. The van der Waals surface area contributed by atoms with Crippen molar-refractivity contribution in [3.63, 3.8) is 0 Å². The Labute approximate surface area is 178 Å². The molecule has 0 saturated carbocycles. The van der Waals surface area contributed by atoms with E-state index in [0.717, 1.165) is 0 Å². The summed E-state index contributed by atoms with van der Waals surface area (Å²) >= 11 is 0. The highest BCUT2D eigenvalue weighted by Gasteiger charge is 2.33. The molecule has 1 atom stereocenters. The molecule has 4 rings (SSSR count). The van der Waals surface area contributed by atoms with Gasteiger partial charge in [-0.25, -0.2) is 14.2 Å². The lowest BCUT2D eigenvalue weighted by molar-refractivity contribution is -0.119.